The molecule has 1 heterocycles. The molecule has 0 fully saturated rings. The number of hydrogen-bond acceptors (Lipinski definition) is 4. The van der Waals surface area contributed by atoms with Crippen molar-refractivity contribution in [1.82, 2.24) is 4.98 Å². The Morgan fingerprint density at radius 3 is 2.38 bits per heavy atom. The van der Waals surface area contributed by atoms with Crippen LogP contribution in [-0.2, 0) is 16.8 Å². The molecule has 0 spiro atoms. The van der Waals surface area contributed by atoms with Crippen molar-refractivity contribution >= 4 is 79.7 Å². The minimum Gasteiger partial charge on any atom is -0.320 e. The molecule has 0 bridgehead atoms. The van der Waals surface area contributed by atoms with Crippen molar-refractivity contribution in [3.63, 3.8) is 0 Å². The molecule has 5 rings (SSSR count). The van der Waals surface area contributed by atoms with Gasteiger partial charge in [-0.15, -0.1) is 11.3 Å². The summed E-state index contributed by atoms with van der Waals surface area (Å²) in [5, 5.41) is 5.47. The predicted octanol–water partition coefficient (Wildman–Crippen LogP) is 9.60. The van der Waals surface area contributed by atoms with Gasteiger partial charge in [0.15, 0.2) is 5.13 Å². The number of aromatic nitrogens is 1. The van der Waals surface area contributed by atoms with Crippen LogP contribution in [0.1, 0.15) is 11.1 Å². The van der Waals surface area contributed by atoms with Gasteiger partial charge >= 0.3 is 13.3 Å². The summed E-state index contributed by atoms with van der Waals surface area (Å²) in [4.78, 5) is 25.0. The van der Waals surface area contributed by atoms with E-state index in [1.54, 1.807) is 18.2 Å². The van der Waals surface area contributed by atoms with Crippen molar-refractivity contribution in [3.05, 3.63) is 110 Å². The van der Waals surface area contributed by atoms with Crippen LogP contribution in [-0.4, -0.2) is 14.8 Å². The van der Waals surface area contributed by atoms with Gasteiger partial charge in [-0.3, -0.25) is 4.57 Å². The van der Waals surface area contributed by atoms with Crippen molar-refractivity contribution in [1.29, 1.82) is 0 Å². The fourth-order valence-electron chi connectivity index (χ4n) is 4.03. The van der Waals surface area contributed by atoms with Crippen molar-refractivity contribution in [2.24, 2.45) is 0 Å². The van der Waals surface area contributed by atoms with E-state index in [1.165, 1.54) is 23.5 Å². The first-order valence-corrected chi connectivity index (χ1v) is 15.4. The second-order valence-corrected chi connectivity index (χ2v) is 12.8. The summed E-state index contributed by atoms with van der Waals surface area (Å²) in [6.07, 6.45) is 0. The Hall–Kier alpha value is -2.36. The summed E-state index contributed by atoms with van der Waals surface area (Å²) < 4.78 is 40.0. The van der Waals surface area contributed by atoms with E-state index in [4.69, 9.17) is 38.0 Å². The number of nitrogens with zero attached hydrogens (tertiary/aromatic N) is 2. The van der Waals surface area contributed by atoms with Gasteiger partial charge < -0.3 is 14.7 Å². The zero-order chi connectivity index (χ0) is 27.9. The van der Waals surface area contributed by atoms with Crippen LogP contribution in [0.15, 0.2) is 88.7 Å². The highest BCUT2D eigenvalue weighted by atomic mass is 79.9. The van der Waals surface area contributed by atoms with Crippen LogP contribution in [0.2, 0.25) is 10.0 Å². The monoisotopic (exact) mass is 668 g/mol. The molecule has 0 aliphatic heterocycles. The molecule has 0 amide bonds. The van der Waals surface area contributed by atoms with Gasteiger partial charge in [-0.25, -0.2) is 4.98 Å². The van der Waals surface area contributed by atoms with Crippen LogP contribution in [0.3, 0.4) is 0 Å². The predicted molar refractivity (Wildman–Crippen MR) is 157 cm³/mol. The van der Waals surface area contributed by atoms with E-state index >= 15 is 0 Å². The van der Waals surface area contributed by atoms with Crippen molar-refractivity contribution in [2.75, 3.05) is 4.90 Å². The quantitative estimate of drug-likeness (QED) is 0.169. The number of rotatable bonds is 7. The van der Waals surface area contributed by atoms with Gasteiger partial charge in [-0.1, -0.05) is 87.7 Å². The molecular formula is C27H18BrCl2F2N2O3PS. The largest absolute Gasteiger partial charge is 0.399 e. The Kier molecular flexibility index (Phi) is 7.87. The van der Waals surface area contributed by atoms with Gasteiger partial charge in [-0.2, -0.15) is 8.78 Å². The number of hydrogen-bond donors (Lipinski definition) is 2. The van der Waals surface area contributed by atoms with E-state index in [1.807, 2.05) is 46.7 Å². The van der Waals surface area contributed by atoms with Crippen LogP contribution in [0, 0.1) is 0 Å². The summed E-state index contributed by atoms with van der Waals surface area (Å²) in [5.41, 5.74) is -2.17. The first kappa shape index (κ1) is 28.2. The third-order valence-electron chi connectivity index (χ3n) is 6.05. The molecule has 200 valence electrons. The SMILES string of the molecule is O=P(O)(O)C(F)(F)c1ccc(CN(c2ccc(Cl)c(Cl)c2)c2nc(-c3ccc4ccccc4c3)cs2)cc1Br. The Bertz CT molecular complexity index is 1750. The number of alkyl halides is 2. The smallest absolute Gasteiger partial charge is 0.320 e. The number of benzene rings is 4. The molecule has 0 aliphatic rings. The zero-order valence-electron chi connectivity index (χ0n) is 19.7. The molecule has 5 nitrogen and oxygen atoms in total. The summed E-state index contributed by atoms with van der Waals surface area (Å²) in [7, 11) is -5.72. The first-order valence-electron chi connectivity index (χ1n) is 11.3. The highest BCUT2D eigenvalue weighted by Crippen LogP contribution is 2.60. The highest BCUT2D eigenvalue weighted by molar-refractivity contribution is 9.10. The van der Waals surface area contributed by atoms with E-state index in [-0.39, 0.29) is 11.0 Å². The molecule has 0 aliphatic carbocycles. The molecule has 1 aromatic heterocycles. The minimum absolute atomic E-state index is 0.126. The van der Waals surface area contributed by atoms with Gasteiger partial charge in [-0.05, 0) is 46.7 Å². The molecule has 2 N–H and O–H groups in total. The van der Waals surface area contributed by atoms with Crippen LogP contribution in [0.4, 0.5) is 19.6 Å². The maximum atomic E-state index is 14.4. The third kappa shape index (κ3) is 5.77. The molecule has 0 unspecified atom stereocenters. The number of halogens is 5. The zero-order valence-corrected chi connectivity index (χ0v) is 24.5. The Morgan fingerprint density at radius 1 is 0.949 bits per heavy atom. The second-order valence-electron chi connectivity index (χ2n) is 8.66. The molecule has 4 aromatic carbocycles. The van der Waals surface area contributed by atoms with Gasteiger partial charge in [0.2, 0.25) is 0 Å². The average Bonchev–Trinajstić information content (AvgIpc) is 3.38. The van der Waals surface area contributed by atoms with Gasteiger partial charge in [0.25, 0.3) is 0 Å². The maximum absolute atomic E-state index is 14.4. The first-order chi connectivity index (χ1) is 18.4. The second kappa shape index (κ2) is 10.9. The van der Waals surface area contributed by atoms with Crippen molar-refractivity contribution in [3.8, 4) is 11.3 Å². The van der Waals surface area contributed by atoms with Gasteiger partial charge in [0.1, 0.15) is 0 Å². The van der Waals surface area contributed by atoms with Crippen LogP contribution >= 0.6 is 58.1 Å². The van der Waals surface area contributed by atoms with Gasteiger partial charge in [0.05, 0.1) is 22.3 Å². The fourth-order valence-corrected chi connectivity index (χ4v) is 6.52. The lowest BCUT2D eigenvalue weighted by molar-refractivity contribution is 0.0557. The van der Waals surface area contributed by atoms with Crippen molar-refractivity contribution < 1.29 is 23.1 Å². The van der Waals surface area contributed by atoms with Crippen LogP contribution in [0.5, 0.6) is 0 Å². The Labute approximate surface area is 244 Å². The fraction of sp³-hybridized carbons (Fsp3) is 0.0741. The Morgan fingerprint density at radius 2 is 1.69 bits per heavy atom. The molecule has 0 atom stereocenters. The van der Waals surface area contributed by atoms with E-state index in [2.05, 4.69) is 22.0 Å². The minimum atomic E-state index is -5.72. The lowest BCUT2D eigenvalue weighted by Crippen LogP contribution is -2.18. The maximum Gasteiger partial charge on any atom is 0.399 e. The topological polar surface area (TPSA) is 73.7 Å². The molecular weight excluding hydrogens is 652 g/mol. The number of thiazole rings is 1. The normalized spacial score (nSPS) is 12.2. The molecule has 39 heavy (non-hydrogen) atoms. The van der Waals surface area contributed by atoms with E-state index in [0.29, 0.717) is 26.4 Å². The standard InChI is InChI=1S/C27H18BrCl2F2N2O3PS/c28-22-11-16(5-9-21(22)27(31,32)38(35,36)37)14-34(20-8-10-23(29)24(30)13-20)26-33-25(15-39-26)19-7-6-17-3-1-2-4-18(17)12-19/h1-13,15H,14H2,(H2,35,36,37). The number of anilines is 2. The summed E-state index contributed by atoms with van der Waals surface area (Å²) in [6.45, 7) is 0.197. The van der Waals surface area contributed by atoms with E-state index < -0.39 is 18.8 Å². The molecule has 0 saturated carbocycles. The molecule has 0 radical (unpaired) electrons. The Balaban J connectivity index is 1.53. The lowest BCUT2D eigenvalue weighted by atomic mass is 10.1. The van der Waals surface area contributed by atoms with Crippen LogP contribution in [0.25, 0.3) is 22.0 Å². The van der Waals surface area contributed by atoms with E-state index in [0.717, 1.165) is 28.1 Å². The third-order valence-corrected chi connectivity index (χ3v) is 9.28. The van der Waals surface area contributed by atoms with E-state index in [9.17, 15) is 13.3 Å². The lowest BCUT2D eigenvalue weighted by Gasteiger charge is -2.24. The average molecular weight is 670 g/mol. The van der Waals surface area contributed by atoms with Crippen LogP contribution < -0.4 is 4.90 Å². The summed E-state index contributed by atoms with van der Waals surface area (Å²) in [6, 6.07) is 23.1. The molecule has 12 heteroatoms. The highest BCUT2D eigenvalue weighted by Gasteiger charge is 2.51. The van der Waals surface area contributed by atoms with Crippen molar-refractivity contribution in [2.45, 2.75) is 12.2 Å². The number of fused-ring (bicyclic) bond motifs is 1. The molecule has 5 aromatic rings. The summed E-state index contributed by atoms with van der Waals surface area (Å²) >= 11 is 16.9. The van der Waals surface area contributed by atoms with Gasteiger partial charge in [0, 0.05) is 26.7 Å². The molecule has 0 saturated heterocycles. The summed E-state index contributed by atoms with van der Waals surface area (Å²) in [5.74, 6) is 0.